The average molecular weight is 955 g/mol. The molecule has 0 fully saturated rings. The largest absolute Gasteiger partial charge is 0.467 e. The Morgan fingerprint density at radius 3 is 1.19 bits per heavy atom. The highest BCUT2D eigenvalue weighted by Gasteiger charge is 2.31. The van der Waals surface area contributed by atoms with E-state index in [1.54, 1.807) is 48.5 Å². The number of amides is 2. The first-order valence-electron chi connectivity index (χ1n) is 23.4. The lowest BCUT2D eigenvalue weighted by Crippen LogP contribution is -2.47. The molecule has 14 heteroatoms. The number of aldehydes is 1. The molecule has 0 aliphatic heterocycles. The van der Waals surface area contributed by atoms with Crippen LogP contribution in [-0.4, -0.2) is 106 Å². The van der Waals surface area contributed by atoms with Gasteiger partial charge in [-0.15, -0.1) is 0 Å². The molecule has 0 bridgehead atoms. The van der Waals surface area contributed by atoms with E-state index >= 15 is 0 Å². The number of hydrogen-bond acceptors (Lipinski definition) is 12. The van der Waals surface area contributed by atoms with Gasteiger partial charge in [-0.05, 0) is 114 Å². The van der Waals surface area contributed by atoms with Gasteiger partial charge in [0.25, 0.3) is 0 Å². The van der Waals surface area contributed by atoms with Crippen LogP contribution in [0.4, 0.5) is 9.59 Å². The summed E-state index contributed by atoms with van der Waals surface area (Å²) in [6.45, 7) is 12.6. The number of alkyl carbamates (subject to hydrolysis) is 2. The third kappa shape index (κ3) is 23.2. The topological polar surface area (TPSA) is 185 Å². The highest BCUT2D eigenvalue weighted by Crippen LogP contribution is 2.27. The van der Waals surface area contributed by atoms with E-state index in [0.717, 1.165) is 28.5 Å². The van der Waals surface area contributed by atoms with Crippen LogP contribution >= 0.6 is 0 Å². The van der Waals surface area contributed by atoms with Gasteiger partial charge in [-0.1, -0.05) is 121 Å². The van der Waals surface area contributed by atoms with Crippen LogP contribution in [0.2, 0.25) is 0 Å². The summed E-state index contributed by atoms with van der Waals surface area (Å²) in [5, 5.41) is 15.7. The van der Waals surface area contributed by atoms with Crippen molar-refractivity contribution in [2.24, 2.45) is 23.7 Å². The number of methoxy groups -OCH3 is 2. The number of ether oxygens (including phenoxy) is 6. The van der Waals surface area contributed by atoms with Gasteiger partial charge in [0, 0.05) is 5.92 Å². The van der Waals surface area contributed by atoms with Crippen LogP contribution in [0.1, 0.15) is 70.7 Å². The van der Waals surface area contributed by atoms with Gasteiger partial charge in [-0.3, -0.25) is 0 Å². The van der Waals surface area contributed by atoms with E-state index < -0.39 is 53.5 Å². The zero-order valence-corrected chi connectivity index (χ0v) is 41.8. The molecule has 7 atom stereocenters. The van der Waals surface area contributed by atoms with Crippen molar-refractivity contribution >= 4 is 30.4 Å². The maximum Gasteiger partial charge on any atom is 0.408 e. The summed E-state index contributed by atoms with van der Waals surface area (Å²) in [6.07, 6.45) is 1.57. The highest BCUT2D eigenvalue weighted by atomic mass is 16.6. The summed E-state index contributed by atoms with van der Waals surface area (Å²) in [6, 6.07) is 37.8. The number of hydrogen-bond donors (Lipinski definition) is 3. The van der Waals surface area contributed by atoms with Crippen molar-refractivity contribution in [2.45, 2.75) is 104 Å². The minimum Gasteiger partial charge on any atom is -0.467 e. The van der Waals surface area contributed by atoms with Crippen LogP contribution in [0.15, 0.2) is 121 Å². The van der Waals surface area contributed by atoms with Crippen LogP contribution in [0, 0.1) is 23.7 Å². The molecule has 4 aromatic carbocycles. The van der Waals surface area contributed by atoms with Crippen molar-refractivity contribution in [3.63, 3.8) is 0 Å². The molecule has 0 aliphatic carbocycles. The smallest absolute Gasteiger partial charge is 0.408 e. The fourth-order valence-electron chi connectivity index (χ4n) is 7.53. The second kappa shape index (κ2) is 29.7. The van der Waals surface area contributed by atoms with Crippen molar-refractivity contribution in [3.8, 4) is 0 Å². The second-order valence-corrected chi connectivity index (χ2v) is 19.0. The number of esters is 2. The van der Waals surface area contributed by atoms with Gasteiger partial charge < -0.3 is 49.0 Å². The second-order valence-electron chi connectivity index (χ2n) is 19.0. The van der Waals surface area contributed by atoms with E-state index in [4.69, 9.17) is 28.4 Å². The fourth-order valence-corrected chi connectivity index (χ4v) is 7.53. The first-order valence-corrected chi connectivity index (χ1v) is 23.4. The molecule has 0 aromatic heterocycles. The van der Waals surface area contributed by atoms with Crippen molar-refractivity contribution in [3.05, 3.63) is 144 Å². The van der Waals surface area contributed by atoms with E-state index in [0.29, 0.717) is 32.3 Å². The molecule has 376 valence electrons. The number of rotatable bonds is 24. The Morgan fingerprint density at radius 2 is 0.855 bits per heavy atom. The Bertz CT molecular complexity index is 2090. The van der Waals surface area contributed by atoms with Gasteiger partial charge in [0.1, 0.15) is 17.5 Å². The predicted molar refractivity (Wildman–Crippen MR) is 264 cm³/mol. The first-order chi connectivity index (χ1) is 32.8. The summed E-state index contributed by atoms with van der Waals surface area (Å²) >= 11 is 0. The summed E-state index contributed by atoms with van der Waals surface area (Å²) in [5.74, 6) is -1.77. The molecule has 4 aromatic rings. The standard InChI is InChI=1S/C28H39NO6.C27H35NO6/c1-20(30)24(17-22-14-10-7-11-15-22)23(16-21-12-8-6-9-13-21)18-34-19-25(26(31)33-5)29-27(32)35-28(2,3)4;1-27(2,3)34-26(31)28-24(25(30)32-4)19-33-18-23(16-21-13-9-6-10-14-21)22(17-29)15-20-11-7-5-8-12-20/h6-15,20,23-25,30H,16-19H2,1-5H3,(H,29,32);5-14,17,22-24H,15-16,18-19H2,1-4H3,(H,28,31)/t20-,23+,24+,25+;22-,23-,24-/m10/s1. The van der Waals surface area contributed by atoms with Crippen molar-refractivity contribution < 1.29 is 57.5 Å². The predicted octanol–water partition coefficient (Wildman–Crippen LogP) is 8.15. The number of benzene rings is 4. The molecule has 0 saturated carbocycles. The van der Waals surface area contributed by atoms with Gasteiger partial charge in [0.05, 0.1) is 46.8 Å². The highest BCUT2D eigenvalue weighted by molar-refractivity contribution is 5.82. The fraction of sp³-hybridized carbons (Fsp3) is 0.473. The van der Waals surface area contributed by atoms with Gasteiger partial charge in [-0.2, -0.15) is 0 Å². The number of aliphatic hydroxyl groups is 1. The van der Waals surface area contributed by atoms with E-state index in [1.165, 1.54) is 14.2 Å². The maximum atomic E-state index is 12.3. The molecule has 0 unspecified atom stereocenters. The normalized spacial score (nSPS) is 14.4. The van der Waals surface area contributed by atoms with E-state index in [2.05, 4.69) is 22.8 Å². The molecule has 2 amide bonds. The monoisotopic (exact) mass is 955 g/mol. The minimum absolute atomic E-state index is 0.0302. The zero-order valence-electron chi connectivity index (χ0n) is 41.8. The Morgan fingerprint density at radius 1 is 0.522 bits per heavy atom. The SMILES string of the molecule is COC(=O)[C@H](COC[C@H](Cc1ccccc1)[C@@H](Cc1ccccc1)[C@@H](C)O)NC(=O)OC(C)(C)C.COC(=O)[C@H](COC[C@H](Cc1ccccc1)[C@H](C=O)Cc1ccccc1)NC(=O)OC(C)(C)C. The van der Waals surface area contributed by atoms with E-state index in [-0.39, 0.29) is 43.5 Å². The van der Waals surface area contributed by atoms with Crippen LogP contribution < -0.4 is 10.6 Å². The van der Waals surface area contributed by atoms with Gasteiger partial charge in [-0.25, -0.2) is 19.2 Å². The summed E-state index contributed by atoms with van der Waals surface area (Å²) in [5.41, 5.74) is 3.02. The Balaban J connectivity index is 0.000000365. The zero-order chi connectivity index (χ0) is 50.8. The van der Waals surface area contributed by atoms with Crippen LogP contribution in [0.5, 0.6) is 0 Å². The number of carbonyl (C=O) groups is 5. The molecule has 0 radical (unpaired) electrons. The van der Waals surface area contributed by atoms with Crippen LogP contribution in [-0.2, 0) is 68.5 Å². The Kier molecular flexibility index (Phi) is 24.7. The van der Waals surface area contributed by atoms with Gasteiger partial charge in [0.2, 0.25) is 0 Å². The van der Waals surface area contributed by atoms with Gasteiger partial charge >= 0.3 is 24.1 Å². The molecule has 0 saturated heterocycles. The van der Waals surface area contributed by atoms with Gasteiger partial charge in [0.15, 0.2) is 12.1 Å². The lowest BCUT2D eigenvalue weighted by Gasteiger charge is -2.30. The molecule has 69 heavy (non-hydrogen) atoms. The Hall–Kier alpha value is -6.09. The average Bonchev–Trinajstić information content (AvgIpc) is 3.31. The number of nitrogens with one attached hydrogen (secondary N) is 2. The summed E-state index contributed by atoms with van der Waals surface area (Å²) in [4.78, 5) is 60.8. The quantitative estimate of drug-likeness (QED) is 0.0349. The van der Waals surface area contributed by atoms with Crippen LogP contribution in [0.25, 0.3) is 0 Å². The molecule has 0 heterocycles. The lowest BCUT2D eigenvalue weighted by atomic mass is 9.80. The summed E-state index contributed by atoms with van der Waals surface area (Å²) in [7, 11) is 2.50. The molecule has 0 spiro atoms. The molecule has 4 rings (SSSR count). The third-order valence-corrected chi connectivity index (χ3v) is 10.9. The van der Waals surface area contributed by atoms with Crippen molar-refractivity contribution in [1.82, 2.24) is 10.6 Å². The molecule has 3 N–H and O–H groups in total. The molecular weight excluding hydrogens is 881 g/mol. The number of carbonyl (C=O) groups excluding carboxylic acids is 5. The first kappa shape index (κ1) is 57.2. The van der Waals surface area contributed by atoms with E-state index in [1.807, 2.05) is 109 Å². The minimum atomic E-state index is -1.03. The third-order valence-electron chi connectivity index (χ3n) is 10.9. The number of aliphatic hydroxyl groups excluding tert-OH is 1. The summed E-state index contributed by atoms with van der Waals surface area (Å²) < 4.78 is 32.0. The van der Waals surface area contributed by atoms with Crippen LogP contribution in [0.3, 0.4) is 0 Å². The van der Waals surface area contributed by atoms with E-state index in [9.17, 15) is 29.1 Å². The lowest BCUT2D eigenvalue weighted by molar-refractivity contribution is -0.145. The molecule has 0 aliphatic rings. The Labute approximate surface area is 408 Å². The molecule has 14 nitrogen and oxygen atoms in total. The van der Waals surface area contributed by atoms with Crippen molar-refractivity contribution in [1.29, 1.82) is 0 Å². The maximum absolute atomic E-state index is 12.3. The van der Waals surface area contributed by atoms with Crippen molar-refractivity contribution in [2.75, 3.05) is 40.6 Å². The molecular formula is C55H74N2O12.